The summed E-state index contributed by atoms with van der Waals surface area (Å²) >= 11 is 0. The van der Waals surface area contributed by atoms with Crippen LogP contribution in [0.15, 0.2) is 36.4 Å². The van der Waals surface area contributed by atoms with Crippen molar-refractivity contribution >= 4 is 12.0 Å². The molecule has 0 N–H and O–H groups in total. The molecule has 2 aliphatic rings. The number of likely N-dealkylation sites (tertiary alicyclic amines) is 1. The number of ether oxygens (including phenoxy) is 3. The zero-order chi connectivity index (χ0) is 18.6. The zero-order valence-electron chi connectivity index (χ0n) is 15.1. The number of carbonyl (C=O) groups is 1. The van der Waals surface area contributed by atoms with Gasteiger partial charge in [0.25, 0.3) is 0 Å². The number of nitrogens with zero attached hydrogens (tertiary/aromatic N) is 3. The van der Waals surface area contributed by atoms with E-state index in [-0.39, 0.29) is 18.8 Å². The van der Waals surface area contributed by atoms with Crippen molar-refractivity contribution in [3.05, 3.63) is 47.7 Å². The molecule has 1 atom stereocenters. The lowest BCUT2D eigenvalue weighted by Gasteiger charge is -2.31. The van der Waals surface area contributed by atoms with Gasteiger partial charge in [0.2, 0.25) is 18.6 Å². The molecular formula is C20H21N3O4. The molecule has 140 valence electrons. The molecule has 27 heavy (non-hydrogen) atoms. The van der Waals surface area contributed by atoms with Gasteiger partial charge in [0, 0.05) is 18.7 Å². The smallest absolute Gasteiger partial charge is 0.246 e. The monoisotopic (exact) mass is 367 g/mol. The number of fused-ring (bicyclic) bond motifs is 1. The van der Waals surface area contributed by atoms with Crippen molar-refractivity contribution in [3.63, 3.8) is 0 Å². The van der Waals surface area contributed by atoms with Gasteiger partial charge in [0.05, 0.1) is 12.2 Å². The maximum Gasteiger partial charge on any atom is 0.246 e. The number of carbonyl (C=O) groups excluding carboxylic acids is 1. The summed E-state index contributed by atoms with van der Waals surface area (Å²) in [6.45, 7) is 3.38. The highest BCUT2D eigenvalue weighted by Crippen LogP contribution is 2.32. The Morgan fingerprint density at radius 2 is 2.11 bits per heavy atom. The summed E-state index contributed by atoms with van der Waals surface area (Å²) in [6.07, 6.45) is 5.10. The van der Waals surface area contributed by atoms with Gasteiger partial charge in [-0.1, -0.05) is 6.07 Å². The van der Waals surface area contributed by atoms with E-state index in [1.165, 1.54) is 0 Å². The molecule has 1 aromatic heterocycles. The standard InChI is InChI=1S/C20H21N3O4/c1-14-4-8-19(22-21-14)27-16-3-2-10-23(12-16)20(24)9-6-15-5-7-17-18(11-15)26-13-25-17/h4-9,11,16H,2-3,10,12-13H2,1H3/b9-6+. The quantitative estimate of drug-likeness (QED) is 0.774. The van der Waals surface area contributed by atoms with Crippen LogP contribution < -0.4 is 14.2 Å². The van der Waals surface area contributed by atoms with Crippen LogP contribution >= 0.6 is 0 Å². The molecule has 7 heteroatoms. The molecule has 2 aliphatic heterocycles. The molecule has 0 bridgehead atoms. The summed E-state index contributed by atoms with van der Waals surface area (Å²) in [5.74, 6) is 1.90. The van der Waals surface area contributed by atoms with Crippen molar-refractivity contribution in [2.24, 2.45) is 0 Å². The topological polar surface area (TPSA) is 73.8 Å². The van der Waals surface area contributed by atoms with Gasteiger partial charge in [-0.15, -0.1) is 5.10 Å². The Bertz CT molecular complexity index is 851. The van der Waals surface area contributed by atoms with Crippen LogP contribution in [0.1, 0.15) is 24.1 Å². The summed E-state index contributed by atoms with van der Waals surface area (Å²) in [5, 5.41) is 8.04. The number of benzene rings is 1. The summed E-state index contributed by atoms with van der Waals surface area (Å²) < 4.78 is 16.5. The number of amides is 1. The Morgan fingerprint density at radius 1 is 1.22 bits per heavy atom. The molecule has 1 aromatic carbocycles. The van der Waals surface area contributed by atoms with Crippen molar-refractivity contribution in [2.45, 2.75) is 25.9 Å². The molecule has 0 radical (unpaired) electrons. The Morgan fingerprint density at radius 3 is 2.96 bits per heavy atom. The summed E-state index contributed by atoms with van der Waals surface area (Å²) in [4.78, 5) is 14.4. The normalized spacial score (nSPS) is 18.7. The SMILES string of the molecule is Cc1ccc(OC2CCCN(C(=O)/C=C/c3ccc4c(c3)OCO4)C2)nn1. The fraction of sp³-hybridized carbons (Fsp3) is 0.350. The average Bonchev–Trinajstić information content (AvgIpc) is 3.16. The second kappa shape index (κ2) is 7.65. The zero-order valence-corrected chi connectivity index (χ0v) is 15.1. The van der Waals surface area contributed by atoms with Gasteiger partial charge in [0.1, 0.15) is 6.10 Å². The van der Waals surface area contributed by atoms with E-state index in [1.807, 2.05) is 37.3 Å². The highest BCUT2D eigenvalue weighted by molar-refractivity contribution is 5.92. The fourth-order valence-electron chi connectivity index (χ4n) is 3.14. The molecule has 1 fully saturated rings. The van der Waals surface area contributed by atoms with Crippen LogP contribution in [0.2, 0.25) is 0 Å². The van der Waals surface area contributed by atoms with E-state index >= 15 is 0 Å². The van der Waals surface area contributed by atoms with Crippen molar-refractivity contribution < 1.29 is 19.0 Å². The third kappa shape index (κ3) is 4.19. The summed E-state index contributed by atoms with van der Waals surface area (Å²) in [7, 11) is 0. The van der Waals surface area contributed by atoms with Crippen LogP contribution in [-0.2, 0) is 4.79 Å². The molecular weight excluding hydrogens is 346 g/mol. The molecule has 0 saturated carbocycles. The van der Waals surface area contributed by atoms with Crippen LogP contribution in [0.25, 0.3) is 6.08 Å². The molecule has 1 saturated heterocycles. The first-order valence-corrected chi connectivity index (χ1v) is 9.01. The molecule has 4 rings (SSSR count). The van der Waals surface area contributed by atoms with E-state index in [0.717, 1.165) is 36.4 Å². The van der Waals surface area contributed by atoms with Crippen molar-refractivity contribution in [2.75, 3.05) is 19.9 Å². The third-order valence-corrected chi connectivity index (χ3v) is 4.57. The molecule has 2 aromatic rings. The van der Waals surface area contributed by atoms with E-state index < -0.39 is 0 Å². The van der Waals surface area contributed by atoms with Gasteiger partial charge < -0.3 is 19.1 Å². The highest BCUT2D eigenvalue weighted by atomic mass is 16.7. The second-order valence-corrected chi connectivity index (χ2v) is 6.63. The van der Waals surface area contributed by atoms with E-state index in [9.17, 15) is 4.79 Å². The van der Waals surface area contributed by atoms with Crippen LogP contribution in [0.5, 0.6) is 17.4 Å². The maximum atomic E-state index is 12.5. The van der Waals surface area contributed by atoms with Crippen LogP contribution in [0, 0.1) is 6.92 Å². The van der Waals surface area contributed by atoms with Gasteiger partial charge >= 0.3 is 0 Å². The lowest BCUT2D eigenvalue weighted by molar-refractivity contribution is -0.128. The Hall–Kier alpha value is -3.09. The predicted molar refractivity (Wildman–Crippen MR) is 98.6 cm³/mol. The van der Waals surface area contributed by atoms with Gasteiger partial charge in [-0.05, 0) is 49.6 Å². The van der Waals surface area contributed by atoms with E-state index in [1.54, 1.807) is 17.1 Å². The van der Waals surface area contributed by atoms with E-state index in [0.29, 0.717) is 18.2 Å². The molecule has 3 heterocycles. The average molecular weight is 367 g/mol. The van der Waals surface area contributed by atoms with Crippen LogP contribution in [0.3, 0.4) is 0 Å². The number of aryl methyl sites for hydroxylation is 1. The first kappa shape index (κ1) is 17.3. The molecule has 0 spiro atoms. The minimum Gasteiger partial charge on any atom is -0.471 e. The maximum absolute atomic E-state index is 12.5. The number of piperidine rings is 1. The first-order chi connectivity index (χ1) is 13.2. The molecule has 1 amide bonds. The van der Waals surface area contributed by atoms with Gasteiger partial charge in [-0.25, -0.2) is 0 Å². The lowest BCUT2D eigenvalue weighted by atomic mass is 10.1. The Labute approximate surface area is 157 Å². The second-order valence-electron chi connectivity index (χ2n) is 6.63. The highest BCUT2D eigenvalue weighted by Gasteiger charge is 2.24. The van der Waals surface area contributed by atoms with E-state index in [2.05, 4.69) is 10.2 Å². The number of hydrogen-bond acceptors (Lipinski definition) is 6. The largest absolute Gasteiger partial charge is 0.471 e. The van der Waals surface area contributed by atoms with Gasteiger partial charge in [0.15, 0.2) is 11.5 Å². The fourth-order valence-corrected chi connectivity index (χ4v) is 3.14. The minimum absolute atomic E-state index is 0.0315. The predicted octanol–water partition coefficient (Wildman–Crippen LogP) is 2.60. The van der Waals surface area contributed by atoms with Crippen LogP contribution in [-0.4, -0.2) is 47.0 Å². The molecule has 1 unspecified atom stereocenters. The van der Waals surface area contributed by atoms with Crippen molar-refractivity contribution in [1.82, 2.24) is 15.1 Å². The van der Waals surface area contributed by atoms with E-state index in [4.69, 9.17) is 14.2 Å². The Kier molecular flexibility index (Phi) is 4.91. The minimum atomic E-state index is -0.0707. The number of rotatable bonds is 4. The van der Waals surface area contributed by atoms with Crippen molar-refractivity contribution in [3.8, 4) is 17.4 Å². The van der Waals surface area contributed by atoms with Crippen molar-refractivity contribution in [1.29, 1.82) is 0 Å². The van der Waals surface area contributed by atoms with Gasteiger partial charge in [-0.2, -0.15) is 5.10 Å². The number of hydrogen-bond donors (Lipinski definition) is 0. The third-order valence-electron chi connectivity index (χ3n) is 4.57. The molecule has 0 aliphatic carbocycles. The number of aromatic nitrogens is 2. The van der Waals surface area contributed by atoms with Gasteiger partial charge in [-0.3, -0.25) is 4.79 Å². The Balaban J connectivity index is 1.36. The van der Waals surface area contributed by atoms with Crippen LogP contribution in [0.4, 0.5) is 0 Å². The lowest BCUT2D eigenvalue weighted by Crippen LogP contribution is -2.43. The summed E-state index contributed by atoms with van der Waals surface area (Å²) in [5.41, 5.74) is 1.74. The molecule has 7 nitrogen and oxygen atoms in total. The summed E-state index contributed by atoms with van der Waals surface area (Å²) in [6, 6.07) is 9.28. The first-order valence-electron chi connectivity index (χ1n) is 9.01.